The minimum absolute atomic E-state index is 0.168. The van der Waals surface area contributed by atoms with Crippen molar-refractivity contribution in [3.8, 4) is 0 Å². The van der Waals surface area contributed by atoms with E-state index in [0.717, 1.165) is 44.1 Å². The summed E-state index contributed by atoms with van der Waals surface area (Å²) in [5, 5.41) is 45.1. The third kappa shape index (κ3) is 3.61. The van der Waals surface area contributed by atoms with E-state index in [2.05, 4.69) is 55.0 Å². The summed E-state index contributed by atoms with van der Waals surface area (Å²) in [4.78, 5) is 0. The van der Waals surface area contributed by atoms with E-state index in [1.807, 2.05) is 0 Å². The highest BCUT2D eigenvalue weighted by molar-refractivity contribution is 5.40. The van der Waals surface area contributed by atoms with Crippen LogP contribution in [0.2, 0.25) is 0 Å². The lowest BCUT2D eigenvalue weighted by Gasteiger charge is -2.62. The predicted molar refractivity (Wildman–Crippen MR) is 137 cm³/mol. The van der Waals surface area contributed by atoms with Crippen molar-refractivity contribution in [2.24, 2.45) is 45.8 Å². The lowest BCUT2D eigenvalue weighted by molar-refractivity contribution is -0.170. The van der Waals surface area contributed by atoms with Crippen molar-refractivity contribution in [1.29, 1.82) is 0 Å². The van der Waals surface area contributed by atoms with Crippen LogP contribution < -0.4 is 0 Å². The average Bonchev–Trinajstić information content (AvgIpc) is 3.11. The number of rotatable bonds is 5. The summed E-state index contributed by atoms with van der Waals surface area (Å²) in [7, 11) is 0. The van der Waals surface area contributed by atoms with Gasteiger partial charge < -0.3 is 20.4 Å². The molecule has 0 aromatic rings. The predicted octanol–water partition coefficient (Wildman–Crippen LogP) is 5.25. The first kappa shape index (κ1) is 26.4. The first-order chi connectivity index (χ1) is 15.7. The van der Waals surface area contributed by atoms with E-state index in [-0.39, 0.29) is 17.3 Å². The van der Waals surface area contributed by atoms with Gasteiger partial charge in [0.25, 0.3) is 0 Å². The zero-order valence-electron chi connectivity index (χ0n) is 22.6. The van der Waals surface area contributed by atoms with Crippen LogP contribution in [0.5, 0.6) is 0 Å². The Morgan fingerprint density at radius 2 is 1.62 bits per heavy atom. The molecule has 34 heavy (non-hydrogen) atoms. The molecular formula is C30H50O4. The molecule has 194 valence electrons. The third-order valence-electron chi connectivity index (χ3n) is 11.5. The Kier molecular flexibility index (Phi) is 6.76. The molecule has 10 atom stereocenters. The minimum atomic E-state index is -0.902. The molecule has 4 heteroatoms. The smallest absolute Gasteiger partial charge is 0.102 e. The monoisotopic (exact) mass is 474 g/mol. The molecule has 0 aliphatic heterocycles. The van der Waals surface area contributed by atoms with Gasteiger partial charge in [-0.05, 0) is 90.9 Å². The molecule has 0 amide bonds. The molecule has 5 unspecified atom stereocenters. The molecule has 2 saturated carbocycles. The molecule has 4 N–H and O–H groups in total. The van der Waals surface area contributed by atoms with Crippen LogP contribution in [0.4, 0.5) is 0 Å². The second-order valence-electron chi connectivity index (χ2n) is 13.8. The van der Waals surface area contributed by atoms with E-state index in [9.17, 15) is 20.4 Å². The lowest BCUT2D eigenvalue weighted by atomic mass is 9.44. The quantitative estimate of drug-likeness (QED) is 0.410. The van der Waals surface area contributed by atoms with E-state index in [1.165, 1.54) is 11.1 Å². The minimum Gasteiger partial charge on any atom is -0.390 e. The summed E-state index contributed by atoms with van der Waals surface area (Å²) in [5.74, 6) is 1.79. The fourth-order valence-corrected chi connectivity index (χ4v) is 9.39. The van der Waals surface area contributed by atoms with E-state index in [0.29, 0.717) is 24.2 Å². The van der Waals surface area contributed by atoms with Gasteiger partial charge in [0, 0.05) is 5.41 Å². The largest absolute Gasteiger partial charge is 0.390 e. The highest BCUT2D eigenvalue weighted by atomic mass is 16.3. The van der Waals surface area contributed by atoms with Gasteiger partial charge in [-0.3, -0.25) is 0 Å². The van der Waals surface area contributed by atoms with Gasteiger partial charge >= 0.3 is 0 Å². The van der Waals surface area contributed by atoms with Crippen LogP contribution >= 0.6 is 0 Å². The van der Waals surface area contributed by atoms with Crippen molar-refractivity contribution in [2.75, 3.05) is 0 Å². The molecule has 0 heterocycles. The fourth-order valence-electron chi connectivity index (χ4n) is 9.39. The SMILES string of the molecule is C=C(CC[C@@H](C)[C@H]1CC[C@H]2C3=C(C(O)C(O)[C@]12C)[C@@]1(C)CC(O)C(O)C(C)(C)C1CC3)C(C)C. The Balaban J connectivity index is 1.69. The van der Waals surface area contributed by atoms with Crippen LogP contribution in [-0.4, -0.2) is 44.8 Å². The van der Waals surface area contributed by atoms with Gasteiger partial charge in [0.05, 0.1) is 18.3 Å². The van der Waals surface area contributed by atoms with Crippen molar-refractivity contribution in [1.82, 2.24) is 0 Å². The van der Waals surface area contributed by atoms with Crippen molar-refractivity contribution in [2.45, 2.75) is 118 Å². The van der Waals surface area contributed by atoms with Crippen LogP contribution in [0.3, 0.4) is 0 Å². The second-order valence-corrected chi connectivity index (χ2v) is 13.8. The number of hydrogen-bond donors (Lipinski definition) is 4. The first-order valence-electron chi connectivity index (χ1n) is 13.8. The molecule has 4 aliphatic carbocycles. The van der Waals surface area contributed by atoms with Crippen molar-refractivity contribution in [3.63, 3.8) is 0 Å². The topological polar surface area (TPSA) is 80.9 Å². The zero-order valence-corrected chi connectivity index (χ0v) is 22.6. The van der Waals surface area contributed by atoms with E-state index >= 15 is 0 Å². The Morgan fingerprint density at radius 3 is 2.24 bits per heavy atom. The maximum atomic E-state index is 11.8. The molecule has 4 rings (SSSR count). The Hall–Kier alpha value is -0.680. The molecule has 4 nitrogen and oxygen atoms in total. The number of aliphatic hydroxyl groups excluding tert-OH is 4. The maximum Gasteiger partial charge on any atom is 0.102 e. The highest BCUT2D eigenvalue weighted by Crippen LogP contribution is 2.68. The molecule has 0 aromatic carbocycles. The maximum absolute atomic E-state index is 11.8. The normalized spacial score (nSPS) is 46.6. The molecule has 0 spiro atoms. The number of hydrogen-bond acceptors (Lipinski definition) is 4. The van der Waals surface area contributed by atoms with Gasteiger partial charge in [-0.2, -0.15) is 0 Å². The summed E-state index contributed by atoms with van der Waals surface area (Å²) in [6, 6.07) is 0. The van der Waals surface area contributed by atoms with Gasteiger partial charge in [0.2, 0.25) is 0 Å². The first-order valence-corrected chi connectivity index (χ1v) is 13.8. The second kappa shape index (κ2) is 8.71. The average molecular weight is 475 g/mol. The van der Waals surface area contributed by atoms with Crippen molar-refractivity contribution in [3.05, 3.63) is 23.3 Å². The van der Waals surface area contributed by atoms with Crippen molar-refractivity contribution >= 4 is 0 Å². The van der Waals surface area contributed by atoms with E-state index < -0.39 is 35.2 Å². The van der Waals surface area contributed by atoms with Crippen LogP contribution in [0, 0.1) is 45.8 Å². The van der Waals surface area contributed by atoms with Crippen LogP contribution in [0.1, 0.15) is 93.4 Å². The summed E-state index contributed by atoms with van der Waals surface area (Å²) in [5.41, 5.74) is 2.48. The summed E-state index contributed by atoms with van der Waals surface area (Å²) >= 11 is 0. The Bertz CT molecular complexity index is 843. The van der Waals surface area contributed by atoms with Gasteiger partial charge in [0.15, 0.2) is 0 Å². The van der Waals surface area contributed by atoms with E-state index in [1.54, 1.807) is 0 Å². The third-order valence-corrected chi connectivity index (χ3v) is 11.5. The highest BCUT2D eigenvalue weighted by Gasteiger charge is 2.65. The van der Waals surface area contributed by atoms with Crippen LogP contribution in [0.25, 0.3) is 0 Å². The van der Waals surface area contributed by atoms with E-state index in [4.69, 9.17) is 0 Å². The number of fused-ring (bicyclic) bond motifs is 4. The summed E-state index contributed by atoms with van der Waals surface area (Å²) in [6.45, 7) is 19.5. The lowest BCUT2D eigenvalue weighted by Crippen LogP contribution is -2.63. The van der Waals surface area contributed by atoms with Crippen LogP contribution in [-0.2, 0) is 0 Å². The van der Waals surface area contributed by atoms with Gasteiger partial charge in [-0.15, -0.1) is 0 Å². The number of aliphatic hydroxyl groups is 4. The Labute approximate surface area is 207 Å². The molecule has 4 aliphatic rings. The molecule has 0 bridgehead atoms. The standard InChI is InChI=1S/C30H50O4/c1-16(2)17(3)9-10-18(4)20-12-13-21-19-11-14-23-28(5,6)26(33)22(31)15-29(23,7)24(19)25(32)27(34)30(20,21)8/h16,18,20-23,25-27,31-34H,3,9-15H2,1-2,4-8H3/t18-,20-,21+,22?,23?,25?,26?,27?,29+,30-/m1/s1. The molecule has 0 aromatic heterocycles. The van der Waals surface area contributed by atoms with Crippen LogP contribution in [0.15, 0.2) is 23.3 Å². The summed E-state index contributed by atoms with van der Waals surface area (Å²) < 4.78 is 0. The van der Waals surface area contributed by atoms with Gasteiger partial charge in [0.1, 0.15) is 6.10 Å². The van der Waals surface area contributed by atoms with Gasteiger partial charge in [-0.25, -0.2) is 0 Å². The zero-order chi connectivity index (χ0) is 25.4. The fraction of sp³-hybridized carbons (Fsp3) is 0.867. The molecule has 0 radical (unpaired) electrons. The molecule has 2 fully saturated rings. The molecular weight excluding hydrogens is 424 g/mol. The molecule has 0 saturated heterocycles. The Morgan fingerprint density at radius 1 is 0.971 bits per heavy atom. The van der Waals surface area contributed by atoms with Crippen molar-refractivity contribution < 1.29 is 20.4 Å². The van der Waals surface area contributed by atoms with Gasteiger partial charge in [-0.1, -0.05) is 66.2 Å². The number of allylic oxidation sites excluding steroid dienone is 2. The summed E-state index contributed by atoms with van der Waals surface area (Å²) in [6.07, 6.45) is 3.32.